The van der Waals surface area contributed by atoms with Crippen molar-refractivity contribution >= 4 is 11.9 Å². The van der Waals surface area contributed by atoms with E-state index in [2.05, 4.69) is 10.1 Å². The number of amides is 1. The van der Waals surface area contributed by atoms with E-state index in [9.17, 15) is 9.59 Å². The van der Waals surface area contributed by atoms with Gasteiger partial charge in [-0.3, -0.25) is 4.79 Å². The number of ether oxygens (including phenoxy) is 1. The summed E-state index contributed by atoms with van der Waals surface area (Å²) in [5.41, 5.74) is 7.45. The molecule has 5 heteroatoms. The number of hydrogen-bond donors (Lipinski definition) is 2. The highest BCUT2D eigenvalue weighted by atomic mass is 16.5. The second-order valence-electron chi connectivity index (χ2n) is 5.46. The number of hydrogen-bond acceptors (Lipinski definition) is 4. The fourth-order valence-corrected chi connectivity index (χ4v) is 2.68. The van der Waals surface area contributed by atoms with Crippen LogP contribution in [0.5, 0.6) is 0 Å². The van der Waals surface area contributed by atoms with Gasteiger partial charge in [-0.1, -0.05) is 25.0 Å². The van der Waals surface area contributed by atoms with E-state index in [4.69, 9.17) is 5.73 Å². The van der Waals surface area contributed by atoms with Gasteiger partial charge in [0.25, 0.3) is 0 Å². The molecule has 0 radical (unpaired) electrons. The fourth-order valence-electron chi connectivity index (χ4n) is 2.68. The topological polar surface area (TPSA) is 81.4 Å². The lowest BCUT2D eigenvalue weighted by molar-refractivity contribution is -0.126. The van der Waals surface area contributed by atoms with Crippen molar-refractivity contribution in [2.75, 3.05) is 7.11 Å². The second-order valence-corrected chi connectivity index (χ2v) is 5.46. The Hall–Kier alpha value is -1.88. The Morgan fingerprint density at radius 3 is 2.52 bits per heavy atom. The normalized spacial score (nSPS) is 21.6. The van der Waals surface area contributed by atoms with Crippen molar-refractivity contribution in [2.45, 2.75) is 38.3 Å². The number of rotatable bonds is 4. The summed E-state index contributed by atoms with van der Waals surface area (Å²) >= 11 is 0. The van der Waals surface area contributed by atoms with Crippen LogP contribution in [0.1, 0.15) is 41.6 Å². The molecule has 114 valence electrons. The molecule has 5 nitrogen and oxygen atoms in total. The Bertz CT molecular complexity index is 499. The molecule has 1 fully saturated rings. The third-order valence-electron chi connectivity index (χ3n) is 4.00. The minimum atomic E-state index is -0.362. The zero-order valence-electron chi connectivity index (χ0n) is 12.3. The van der Waals surface area contributed by atoms with E-state index in [1.165, 1.54) is 7.11 Å². The molecule has 3 N–H and O–H groups in total. The van der Waals surface area contributed by atoms with Crippen molar-refractivity contribution < 1.29 is 14.3 Å². The highest BCUT2D eigenvalue weighted by Gasteiger charge is 2.27. The Labute approximate surface area is 124 Å². The monoisotopic (exact) mass is 290 g/mol. The molecule has 1 aliphatic rings. The summed E-state index contributed by atoms with van der Waals surface area (Å²) in [4.78, 5) is 23.5. The van der Waals surface area contributed by atoms with Gasteiger partial charge in [0.15, 0.2) is 0 Å². The first-order chi connectivity index (χ1) is 10.1. The highest BCUT2D eigenvalue weighted by Crippen LogP contribution is 2.23. The van der Waals surface area contributed by atoms with Crippen molar-refractivity contribution in [3.8, 4) is 0 Å². The van der Waals surface area contributed by atoms with E-state index < -0.39 is 0 Å². The van der Waals surface area contributed by atoms with Gasteiger partial charge in [0.1, 0.15) is 0 Å². The van der Waals surface area contributed by atoms with Crippen LogP contribution in [0.25, 0.3) is 0 Å². The minimum Gasteiger partial charge on any atom is -0.465 e. The number of nitrogens with one attached hydrogen (secondary N) is 1. The number of benzene rings is 1. The third kappa shape index (κ3) is 4.04. The van der Waals surface area contributed by atoms with Crippen molar-refractivity contribution in [3.05, 3.63) is 35.4 Å². The molecule has 2 unspecified atom stereocenters. The molecule has 0 saturated heterocycles. The standard InChI is InChI=1S/C16H22N2O3/c1-21-16(20)12-8-6-11(7-9-12)10-18-15(19)13-4-2-3-5-14(13)17/h6-9,13-14H,2-5,10,17H2,1H3,(H,18,19). The number of methoxy groups -OCH3 is 1. The van der Waals surface area contributed by atoms with E-state index in [1.54, 1.807) is 12.1 Å². The van der Waals surface area contributed by atoms with Crippen LogP contribution in [0.4, 0.5) is 0 Å². The summed E-state index contributed by atoms with van der Waals surface area (Å²) in [5, 5.41) is 2.93. The molecule has 1 aromatic rings. The summed E-state index contributed by atoms with van der Waals surface area (Å²) in [6, 6.07) is 6.99. The van der Waals surface area contributed by atoms with E-state index in [0.717, 1.165) is 31.2 Å². The number of carbonyl (C=O) groups is 2. The molecule has 0 aliphatic heterocycles. The summed E-state index contributed by atoms with van der Waals surface area (Å²) in [5.74, 6) is -0.411. The van der Waals surface area contributed by atoms with Crippen LogP contribution in [0.15, 0.2) is 24.3 Å². The number of nitrogens with two attached hydrogens (primary N) is 1. The van der Waals surface area contributed by atoms with Crippen LogP contribution in [-0.4, -0.2) is 25.0 Å². The van der Waals surface area contributed by atoms with Crippen LogP contribution in [0.2, 0.25) is 0 Å². The Morgan fingerprint density at radius 1 is 1.24 bits per heavy atom. The van der Waals surface area contributed by atoms with Crippen LogP contribution in [0, 0.1) is 5.92 Å². The molecule has 1 aliphatic carbocycles. The zero-order chi connectivity index (χ0) is 15.2. The Morgan fingerprint density at radius 2 is 1.90 bits per heavy atom. The first-order valence-electron chi connectivity index (χ1n) is 7.32. The van der Waals surface area contributed by atoms with Crippen LogP contribution < -0.4 is 11.1 Å². The largest absolute Gasteiger partial charge is 0.465 e. The third-order valence-corrected chi connectivity index (χ3v) is 4.00. The molecular formula is C16H22N2O3. The van der Waals surface area contributed by atoms with E-state index >= 15 is 0 Å². The maximum atomic E-state index is 12.1. The molecule has 21 heavy (non-hydrogen) atoms. The molecule has 2 atom stereocenters. The van der Waals surface area contributed by atoms with Gasteiger partial charge < -0.3 is 15.8 Å². The van der Waals surface area contributed by atoms with E-state index in [0.29, 0.717) is 12.1 Å². The predicted molar refractivity (Wildman–Crippen MR) is 79.6 cm³/mol. The lowest BCUT2D eigenvalue weighted by atomic mass is 9.84. The average molecular weight is 290 g/mol. The van der Waals surface area contributed by atoms with Crippen LogP contribution in [-0.2, 0) is 16.1 Å². The van der Waals surface area contributed by atoms with Crippen molar-refractivity contribution in [2.24, 2.45) is 11.7 Å². The first-order valence-corrected chi connectivity index (χ1v) is 7.32. The van der Waals surface area contributed by atoms with Crippen LogP contribution >= 0.6 is 0 Å². The van der Waals surface area contributed by atoms with Gasteiger partial charge in [-0.05, 0) is 30.5 Å². The van der Waals surface area contributed by atoms with Crippen molar-refractivity contribution in [3.63, 3.8) is 0 Å². The van der Waals surface area contributed by atoms with Crippen LogP contribution in [0.3, 0.4) is 0 Å². The smallest absolute Gasteiger partial charge is 0.337 e. The fraction of sp³-hybridized carbons (Fsp3) is 0.500. The lowest BCUT2D eigenvalue weighted by Gasteiger charge is -2.27. The molecular weight excluding hydrogens is 268 g/mol. The Balaban J connectivity index is 1.87. The molecule has 0 bridgehead atoms. The van der Waals surface area contributed by atoms with Gasteiger partial charge in [0.05, 0.1) is 18.6 Å². The molecule has 1 amide bonds. The lowest BCUT2D eigenvalue weighted by Crippen LogP contribution is -2.43. The van der Waals surface area contributed by atoms with E-state index in [1.807, 2.05) is 12.1 Å². The quantitative estimate of drug-likeness (QED) is 0.825. The maximum absolute atomic E-state index is 12.1. The molecule has 0 spiro atoms. The molecule has 0 heterocycles. The predicted octanol–water partition coefficient (Wildman–Crippen LogP) is 1.61. The first kappa shape index (κ1) is 15.5. The zero-order valence-corrected chi connectivity index (χ0v) is 12.3. The molecule has 0 aromatic heterocycles. The molecule has 2 rings (SSSR count). The minimum absolute atomic E-state index is 0.0271. The maximum Gasteiger partial charge on any atom is 0.337 e. The van der Waals surface area contributed by atoms with Crippen molar-refractivity contribution in [1.82, 2.24) is 5.32 Å². The van der Waals surface area contributed by atoms with Gasteiger partial charge in [-0.15, -0.1) is 0 Å². The second kappa shape index (κ2) is 7.22. The molecule has 1 saturated carbocycles. The van der Waals surface area contributed by atoms with Gasteiger partial charge in [0.2, 0.25) is 5.91 Å². The number of carbonyl (C=O) groups excluding carboxylic acids is 2. The van der Waals surface area contributed by atoms with Gasteiger partial charge >= 0.3 is 5.97 Å². The summed E-state index contributed by atoms with van der Waals surface area (Å²) in [6.45, 7) is 0.448. The van der Waals surface area contributed by atoms with E-state index in [-0.39, 0.29) is 23.8 Å². The number of esters is 1. The average Bonchev–Trinajstić information content (AvgIpc) is 2.52. The van der Waals surface area contributed by atoms with Crippen molar-refractivity contribution in [1.29, 1.82) is 0 Å². The SMILES string of the molecule is COC(=O)c1ccc(CNC(=O)C2CCCCC2N)cc1. The van der Waals surface area contributed by atoms with Gasteiger partial charge in [-0.2, -0.15) is 0 Å². The summed E-state index contributed by atoms with van der Waals surface area (Å²) < 4.78 is 4.64. The summed E-state index contributed by atoms with van der Waals surface area (Å²) in [7, 11) is 1.35. The van der Waals surface area contributed by atoms with Gasteiger partial charge in [-0.25, -0.2) is 4.79 Å². The van der Waals surface area contributed by atoms with Gasteiger partial charge in [0, 0.05) is 12.6 Å². The summed E-state index contributed by atoms with van der Waals surface area (Å²) in [6.07, 6.45) is 3.97. The highest BCUT2D eigenvalue weighted by molar-refractivity contribution is 5.89. The molecule has 1 aromatic carbocycles. The Kier molecular flexibility index (Phi) is 5.33.